The fourth-order valence-electron chi connectivity index (χ4n) is 3.10. The molecule has 1 fully saturated rings. The second kappa shape index (κ2) is 4.78. The Balaban J connectivity index is 2.25. The van der Waals surface area contributed by atoms with Gasteiger partial charge >= 0.3 is 0 Å². The van der Waals surface area contributed by atoms with Crippen LogP contribution in [0.3, 0.4) is 0 Å². The lowest BCUT2D eigenvalue weighted by atomic mass is 9.79. The number of carbonyl (C=O) groups excluding carboxylic acids is 1. The van der Waals surface area contributed by atoms with Crippen LogP contribution in [0.4, 0.5) is 0 Å². The van der Waals surface area contributed by atoms with Crippen molar-refractivity contribution >= 4 is 5.78 Å². The van der Waals surface area contributed by atoms with E-state index in [1.54, 1.807) is 0 Å². The van der Waals surface area contributed by atoms with Crippen molar-refractivity contribution < 1.29 is 14.6 Å². The number of Topliss-reactive ketones (excluding diaryl/α,β-unsaturated/α-hetero) is 1. The van der Waals surface area contributed by atoms with Crippen LogP contribution in [0.5, 0.6) is 0 Å². The van der Waals surface area contributed by atoms with Crippen LogP contribution in [0.15, 0.2) is 11.6 Å². The Morgan fingerprint density at radius 1 is 1.50 bits per heavy atom. The Morgan fingerprint density at radius 2 is 2.17 bits per heavy atom. The molecule has 0 bridgehead atoms. The van der Waals surface area contributed by atoms with E-state index in [0.29, 0.717) is 6.42 Å². The zero-order valence-corrected chi connectivity index (χ0v) is 11.8. The van der Waals surface area contributed by atoms with Crippen LogP contribution in [-0.4, -0.2) is 28.7 Å². The highest BCUT2D eigenvalue weighted by Crippen LogP contribution is 2.45. The fraction of sp³-hybridized carbons (Fsp3) is 0.800. The molecule has 0 radical (unpaired) electrons. The molecular formula is C15H24O3. The van der Waals surface area contributed by atoms with Crippen LogP contribution in [0.25, 0.3) is 0 Å². The van der Waals surface area contributed by atoms with E-state index in [9.17, 15) is 9.90 Å². The van der Waals surface area contributed by atoms with Crippen molar-refractivity contribution in [3.05, 3.63) is 11.6 Å². The summed E-state index contributed by atoms with van der Waals surface area (Å²) in [6.07, 6.45) is 3.62. The van der Waals surface area contributed by atoms with Crippen molar-refractivity contribution in [1.82, 2.24) is 0 Å². The molecule has 1 saturated heterocycles. The van der Waals surface area contributed by atoms with Crippen molar-refractivity contribution in [3.63, 3.8) is 0 Å². The maximum atomic E-state index is 12.3. The van der Waals surface area contributed by atoms with Gasteiger partial charge in [0.15, 0.2) is 0 Å². The Kier molecular flexibility index (Phi) is 3.65. The Labute approximate surface area is 109 Å². The van der Waals surface area contributed by atoms with E-state index in [4.69, 9.17) is 4.74 Å². The van der Waals surface area contributed by atoms with Gasteiger partial charge in [-0.05, 0) is 32.6 Å². The molecule has 0 aromatic heterocycles. The summed E-state index contributed by atoms with van der Waals surface area (Å²) in [4.78, 5) is 12.3. The van der Waals surface area contributed by atoms with Gasteiger partial charge in [0.25, 0.3) is 0 Å². The van der Waals surface area contributed by atoms with E-state index >= 15 is 0 Å². The number of rotatable bonds is 1. The minimum atomic E-state index is -0.659. The third-order valence-electron chi connectivity index (χ3n) is 4.30. The van der Waals surface area contributed by atoms with Crippen LogP contribution < -0.4 is 0 Å². The highest BCUT2D eigenvalue weighted by atomic mass is 16.6. The summed E-state index contributed by atoms with van der Waals surface area (Å²) in [5.41, 5.74) is 0.876. The number of aliphatic hydroxyl groups is 1. The first-order valence-electron chi connectivity index (χ1n) is 6.89. The van der Waals surface area contributed by atoms with E-state index in [0.717, 1.165) is 18.4 Å². The molecule has 1 aliphatic carbocycles. The van der Waals surface area contributed by atoms with E-state index in [-0.39, 0.29) is 29.3 Å². The predicted molar refractivity (Wildman–Crippen MR) is 70.2 cm³/mol. The molecule has 0 spiro atoms. The molecule has 0 unspecified atom stereocenters. The first kappa shape index (κ1) is 13.8. The standard InChI is InChI=1S/C15H24O3/c1-9(2)12-11(16)8-10(3)6-5-7-15(4)14(18-15)13(12)17/h6,9,12-14,17H,5,7-8H2,1-4H3/b10-6+/t12-,13-,14+,15+/m1/s1. The normalized spacial score (nSPS) is 44.2. The van der Waals surface area contributed by atoms with Gasteiger partial charge in [-0.1, -0.05) is 25.5 Å². The summed E-state index contributed by atoms with van der Waals surface area (Å²) < 4.78 is 5.68. The van der Waals surface area contributed by atoms with Crippen molar-refractivity contribution in [3.8, 4) is 0 Å². The number of fused-ring (bicyclic) bond motifs is 1. The Hall–Kier alpha value is -0.670. The van der Waals surface area contributed by atoms with E-state index in [1.807, 2.05) is 27.7 Å². The molecule has 0 saturated carbocycles. The third-order valence-corrected chi connectivity index (χ3v) is 4.30. The van der Waals surface area contributed by atoms with Gasteiger partial charge in [0, 0.05) is 12.3 Å². The molecule has 1 aliphatic heterocycles. The summed E-state index contributed by atoms with van der Waals surface area (Å²) in [5, 5.41) is 10.4. The van der Waals surface area contributed by atoms with Gasteiger partial charge in [-0.2, -0.15) is 0 Å². The molecule has 4 atom stereocenters. The predicted octanol–water partition coefficient (Wildman–Crippen LogP) is 2.48. The van der Waals surface area contributed by atoms with Crippen LogP contribution in [0.1, 0.15) is 47.0 Å². The zero-order chi connectivity index (χ0) is 13.5. The molecular weight excluding hydrogens is 228 g/mol. The average molecular weight is 252 g/mol. The number of aliphatic hydroxyl groups excluding tert-OH is 1. The molecule has 102 valence electrons. The van der Waals surface area contributed by atoms with E-state index in [1.165, 1.54) is 0 Å². The minimum Gasteiger partial charge on any atom is -0.390 e. The van der Waals surface area contributed by atoms with Crippen LogP contribution in [-0.2, 0) is 9.53 Å². The summed E-state index contributed by atoms with van der Waals surface area (Å²) in [5.74, 6) is -0.0162. The minimum absolute atomic E-state index is 0.144. The van der Waals surface area contributed by atoms with Crippen molar-refractivity contribution in [2.24, 2.45) is 11.8 Å². The number of allylic oxidation sites excluding steroid dienone is 2. The molecule has 18 heavy (non-hydrogen) atoms. The highest BCUT2D eigenvalue weighted by Gasteiger charge is 2.58. The first-order chi connectivity index (χ1) is 8.35. The maximum absolute atomic E-state index is 12.3. The molecule has 3 heteroatoms. The van der Waals surface area contributed by atoms with Gasteiger partial charge in [-0.3, -0.25) is 4.79 Å². The van der Waals surface area contributed by atoms with Gasteiger partial charge in [-0.15, -0.1) is 0 Å². The van der Waals surface area contributed by atoms with Gasteiger partial charge < -0.3 is 9.84 Å². The number of hydrogen-bond donors (Lipinski definition) is 1. The lowest BCUT2D eigenvalue weighted by molar-refractivity contribution is -0.128. The molecule has 1 heterocycles. The number of ketones is 1. The number of ether oxygens (including phenoxy) is 1. The first-order valence-corrected chi connectivity index (χ1v) is 6.89. The van der Waals surface area contributed by atoms with Gasteiger partial charge in [0.1, 0.15) is 11.9 Å². The molecule has 2 rings (SSSR count). The molecule has 3 nitrogen and oxygen atoms in total. The molecule has 0 amide bonds. The van der Waals surface area contributed by atoms with E-state index < -0.39 is 6.10 Å². The van der Waals surface area contributed by atoms with Crippen molar-refractivity contribution in [2.45, 2.75) is 64.8 Å². The van der Waals surface area contributed by atoms with E-state index in [2.05, 4.69) is 6.08 Å². The van der Waals surface area contributed by atoms with Gasteiger partial charge in [0.05, 0.1) is 11.7 Å². The summed E-state index contributed by atoms with van der Waals surface area (Å²) in [7, 11) is 0. The number of hydrogen-bond acceptors (Lipinski definition) is 3. The number of carbonyl (C=O) groups is 1. The van der Waals surface area contributed by atoms with Gasteiger partial charge in [0.2, 0.25) is 0 Å². The topological polar surface area (TPSA) is 49.8 Å². The molecule has 2 aliphatic rings. The summed E-state index contributed by atoms with van der Waals surface area (Å²) in [6.45, 7) is 8.02. The molecule has 0 aromatic rings. The molecule has 1 N–H and O–H groups in total. The Morgan fingerprint density at radius 3 is 2.78 bits per heavy atom. The van der Waals surface area contributed by atoms with Crippen LogP contribution in [0.2, 0.25) is 0 Å². The van der Waals surface area contributed by atoms with Crippen molar-refractivity contribution in [1.29, 1.82) is 0 Å². The highest BCUT2D eigenvalue weighted by molar-refractivity contribution is 5.84. The fourth-order valence-corrected chi connectivity index (χ4v) is 3.10. The number of epoxide rings is 1. The molecule has 0 aromatic carbocycles. The van der Waals surface area contributed by atoms with Gasteiger partial charge in [-0.25, -0.2) is 0 Å². The summed E-state index contributed by atoms with van der Waals surface area (Å²) >= 11 is 0. The van der Waals surface area contributed by atoms with Crippen LogP contribution >= 0.6 is 0 Å². The third kappa shape index (κ3) is 2.52. The lowest BCUT2D eigenvalue weighted by Gasteiger charge is -2.25. The van der Waals surface area contributed by atoms with Crippen LogP contribution in [0, 0.1) is 11.8 Å². The monoisotopic (exact) mass is 252 g/mol. The second-order valence-corrected chi connectivity index (χ2v) is 6.34. The Bertz CT molecular complexity index is 372. The van der Waals surface area contributed by atoms with Crippen molar-refractivity contribution in [2.75, 3.05) is 0 Å². The largest absolute Gasteiger partial charge is 0.390 e. The smallest absolute Gasteiger partial charge is 0.142 e. The lowest BCUT2D eigenvalue weighted by Crippen LogP contribution is -2.38. The maximum Gasteiger partial charge on any atom is 0.142 e. The quantitative estimate of drug-likeness (QED) is 0.576. The second-order valence-electron chi connectivity index (χ2n) is 6.34. The zero-order valence-electron chi connectivity index (χ0n) is 11.8. The summed E-state index contributed by atoms with van der Waals surface area (Å²) in [6, 6.07) is 0. The average Bonchev–Trinajstić information content (AvgIpc) is 2.89. The SMILES string of the molecule is C/C1=C\CC[C@]2(C)O[C@H]2[C@H](O)[C@H](C(C)C)C(=O)C1.